The Morgan fingerprint density at radius 2 is 1.90 bits per heavy atom. The molecule has 2 aromatic carbocycles. The third-order valence-corrected chi connectivity index (χ3v) is 4.68. The lowest BCUT2D eigenvalue weighted by Gasteiger charge is -2.26. The molecule has 7 nitrogen and oxygen atoms in total. The van der Waals surface area contributed by atoms with Crippen molar-refractivity contribution in [2.24, 2.45) is 0 Å². The van der Waals surface area contributed by atoms with Gasteiger partial charge in [-0.2, -0.15) is 5.10 Å². The van der Waals surface area contributed by atoms with E-state index in [2.05, 4.69) is 10.4 Å². The number of hydrogen-bond acceptors (Lipinski definition) is 5. The van der Waals surface area contributed by atoms with Crippen LogP contribution in [0.4, 0.5) is 0 Å². The number of amides is 1. The van der Waals surface area contributed by atoms with Crippen LogP contribution in [0.25, 0.3) is 0 Å². The van der Waals surface area contributed by atoms with Crippen molar-refractivity contribution < 1.29 is 14.3 Å². The number of para-hydroxylation sites is 2. The van der Waals surface area contributed by atoms with Crippen molar-refractivity contribution in [3.8, 4) is 11.5 Å². The smallest absolute Gasteiger partial charge is 0.272 e. The molecule has 7 heteroatoms. The van der Waals surface area contributed by atoms with E-state index in [1.54, 1.807) is 0 Å². The molecular weight excluding hydrogens is 370 g/mol. The first-order valence-corrected chi connectivity index (χ1v) is 9.49. The Kier molecular flexibility index (Phi) is 5.56. The van der Waals surface area contributed by atoms with Gasteiger partial charge in [0.05, 0.1) is 19.2 Å². The third kappa shape index (κ3) is 4.45. The third-order valence-electron chi connectivity index (χ3n) is 4.68. The molecule has 1 aromatic heterocycles. The van der Waals surface area contributed by atoms with E-state index in [9.17, 15) is 9.59 Å². The number of hydrogen-bond donors (Lipinski definition) is 1. The summed E-state index contributed by atoms with van der Waals surface area (Å²) < 4.78 is 12.5. The molecule has 1 aliphatic rings. The SMILES string of the molecule is O=C(NC1CCOc2ccccc21)c1ccc(=O)n(CCOc2ccccc2)n1. The van der Waals surface area contributed by atoms with E-state index >= 15 is 0 Å². The number of benzene rings is 2. The van der Waals surface area contributed by atoms with Crippen LogP contribution in [-0.2, 0) is 6.54 Å². The number of fused-ring (bicyclic) bond motifs is 1. The molecule has 148 valence electrons. The summed E-state index contributed by atoms with van der Waals surface area (Å²) in [5.74, 6) is 1.16. The second-order valence-corrected chi connectivity index (χ2v) is 6.64. The first-order chi connectivity index (χ1) is 14.2. The van der Waals surface area contributed by atoms with E-state index < -0.39 is 0 Å². The summed E-state index contributed by atoms with van der Waals surface area (Å²) in [5.41, 5.74) is 0.847. The Morgan fingerprint density at radius 3 is 2.76 bits per heavy atom. The summed E-state index contributed by atoms with van der Waals surface area (Å²) in [7, 11) is 0. The number of ether oxygens (including phenoxy) is 2. The van der Waals surface area contributed by atoms with Gasteiger partial charge in [-0.1, -0.05) is 36.4 Å². The van der Waals surface area contributed by atoms with Crippen molar-refractivity contribution >= 4 is 5.91 Å². The maximum absolute atomic E-state index is 12.7. The second-order valence-electron chi connectivity index (χ2n) is 6.64. The van der Waals surface area contributed by atoms with E-state index in [1.807, 2.05) is 54.6 Å². The van der Waals surface area contributed by atoms with Gasteiger partial charge in [0.2, 0.25) is 0 Å². The summed E-state index contributed by atoms with van der Waals surface area (Å²) in [4.78, 5) is 24.8. The van der Waals surface area contributed by atoms with Crippen molar-refractivity contribution in [1.82, 2.24) is 15.1 Å². The predicted octanol–water partition coefficient (Wildman–Crippen LogP) is 2.58. The van der Waals surface area contributed by atoms with Crippen molar-refractivity contribution in [2.75, 3.05) is 13.2 Å². The quantitative estimate of drug-likeness (QED) is 0.698. The second kappa shape index (κ2) is 8.60. The number of carbonyl (C=O) groups is 1. The Labute approximate surface area is 167 Å². The Morgan fingerprint density at radius 1 is 1.10 bits per heavy atom. The predicted molar refractivity (Wildman–Crippen MR) is 107 cm³/mol. The van der Waals surface area contributed by atoms with Gasteiger partial charge in [0.15, 0.2) is 0 Å². The van der Waals surface area contributed by atoms with Crippen LogP contribution in [0.2, 0.25) is 0 Å². The molecule has 1 atom stereocenters. The van der Waals surface area contributed by atoms with Crippen LogP contribution in [0.3, 0.4) is 0 Å². The van der Waals surface area contributed by atoms with Crippen LogP contribution in [0.5, 0.6) is 11.5 Å². The van der Waals surface area contributed by atoms with Crippen LogP contribution in [-0.4, -0.2) is 28.9 Å². The van der Waals surface area contributed by atoms with Crippen molar-refractivity contribution in [2.45, 2.75) is 19.0 Å². The summed E-state index contributed by atoms with van der Waals surface area (Å²) in [6.45, 7) is 1.05. The topological polar surface area (TPSA) is 82.5 Å². The standard InChI is InChI=1S/C22H21N3O4/c26-21-11-10-19(24-25(21)13-15-28-16-6-2-1-3-7-16)22(27)23-18-12-14-29-20-9-5-4-8-17(18)20/h1-11,18H,12-15H2,(H,23,27). The summed E-state index contributed by atoms with van der Waals surface area (Å²) >= 11 is 0. The average molecular weight is 391 g/mol. The molecule has 0 saturated carbocycles. The highest BCUT2D eigenvalue weighted by Crippen LogP contribution is 2.31. The number of nitrogens with zero attached hydrogens (tertiary/aromatic N) is 2. The molecule has 3 aromatic rings. The molecule has 0 spiro atoms. The Bertz CT molecular complexity index is 1050. The van der Waals surface area contributed by atoms with Gasteiger partial charge in [-0.05, 0) is 24.3 Å². The van der Waals surface area contributed by atoms with Crippen molar-refractivity contribution in [1.29, 1.82) is 0 Å². The summed E-state index contributed by atoms with van der Waals surface area (Å²) in [6.07, 6.45) is 0.674. The van der Waals surface area contributed by atoms with Gasteiger partial charge in [-0.15, -0.1) is 0 Å². The molecule has 4 rings (SSSR count). The van der Waals surface area contributed by atoms with Crippen LogP contribution >= 0.6 is 0 Å². The van der Waals surface area contributed by atoms with Crippen LogP contribution in [0.1, 0.15) is 28.5 Å². The fourth-order valence-corrected chi connectivity index (χ4v) is 3.22. The number of nitrogens with one attached hydrogen (secondary N) is 1. The van der Waals surface area contributed by atoms with Gasteiger partial charge in [-0.3, -0.25) is 9.59 Å². The summed E-state index contributed by atoms with van der Waals surface area (Å²) in [5, 5.41) is 7.20. The van der Waals surface area contributed by atoms with Gasteiger partial charge in [0.25, 0.3) is 11.5 Å². The van der Waals surface area contributed by atoms with Crippen LogP contribution in [0, 0.1) is 0 Å². The molecule has 0 aliphatic carbocycles. The molecule has 1 amide bonds. The molecule has 1 aliphatic heterocycles. The zero-order valence-corrected chi connectivity index (χ0v) is 15.8. The van der Waals surface area contributed by atoms with E-state index in [-0.39, 0.29) is 36.4 Å². The minimum Gasteiger partial charge on any atom is -0.493 e. The fourth-order valence-electron chi connectivity index (χ4n) is 3.22. The van der Waals surface area contributed by atoms with Crippen molar-refractivity contribution in [3.63, 3.8) is 0 Å². The van der Waals surface area contributed by atoms with Gasteiger partial charge in [0.1, 0.15) is 23.8 Å². The van der Waals surface area contributed by atoms with Gasteiger partial charge in [0, 0.05) is 18.1 Å². The maximum Gasteiger partial charge on any atom is 0.272 e. The minimum atomic E-state index is -0.329. The Hall–Kier alpha value is -3.61. The maximum atomic E-state index is 12.7. The van der Waals surface area contributed by atoms with E-state index in [0.717, 1.165) is 11.3 Å². The lowest BCUT2D eigenvalue weighted by molar-refractivity contribution is 0.0916. The number of carbonyl (C=O) groups excluding carboxylic acids is 1. The zero-order valence-electron chi connectivity index (χ0n) is 15.8. The monoisotopic (exact) mass is 391 g/mol. The van der Waals surface area contributed by atoms with Gasteiger partial charge >= 0.3 is 0 Å². The highest BCUT2D eigenvalue weighted by molar-refractivity contribution is 5.92. The molecule has 0 bridgehead atoms. The lowest BCUT2D eigenvalue weighted by Crippen LogP contribution is -2.34. The van der Waals surface area contributed by atoms with Crippen LogP contribution in [0.15, 0.2) is 71.5 Å². The summed E-state index contributed by atoms with van der Waals surface area (Å²) in [6, 6.07) is 19.6. The number of rotatable bonds is 6. The molecule has 2 heterocycles. The molecule has 29 heavy (non-hydrogen) atoms. The van der Waals surface area contributed by atoms with Gasteiger partial charge in [-0.25, -0.2) is 4.68 Å². The largest absolute Gasteiger partial charge is 0.493 e. The molecule has 0 fully saturated rings. The molecule has 0 radical (unpaired) electrons. The average Bonchev–Trinajstić information content (AvgIpc) is 2.76. The molecular formula is C22H21N3O4. The van der Waals surface area contributed by atoms with Gasteiger partial charge < -0.3 is 14.8 Å². The first kappa shape index (κ1) is 18.7. The fraction of sp³-hybridized carbons (Fsp3) is 0.227. The lowest BCUT2D eigenvalue weighted by atomic mass is 10.0. The normalized spacial score (nSPS) is 15.1. The van der Waals surface area contributed by atoms with Crippen LogP contribution < -0.4 is 20.3 Å². The molecule has 1 unspecified atom stereocenters. The molecule has 1 N–H and O–H groups in total. The van der Waals surface area contributed by atoms with E-state index in [1.165, 1.54) is 16.8 Å². The molecule has 0 saturated heterocycles. The van der Waals surface area contributed by atoms with E-state index in [0.29, 0.717) is 18.8 Å². The number of aromatic nitrogens is 2. The highest BCUT2D eigenvalue weighted by atomic mass is 16.5. The van der Waals surface area contributed by atoms with E-state index in [4.69, 9.17) is 9.47 Å². The Balaban J connectivity index is 1.43. The minimum absolute atomic E-state index is 0.156. The highest BCUT2D eigenvalue weighted by Gasteiger charge is 2.23. The first-order valence-electron chi connectivity index (χ1n) is 9.49. The zero-order chi connectivity index (χ0) is 20.1. The van der Waals surface area contributed by atoms with Crippen molar-refractivity contribution in [3.05, 3.63) is 88.3 Å².